The quantitative estimate of drug-likeness (QED) is 0.384. The second-order valence-corrected chi connectivity index (χ2v) is 10.5. The van der Waals surface area contributed by atoms with E-state index in [2.05, 4.69) is 25.4 Å². The lowest BCUT2D eigenvalue weighted by Crippen LogP contribution is -2.56. The molecule has 5 rings (SSSR count). The fraction of sp³-hybridized carbons (Fsp3) is 0.500. The summed E-state index contributed by atoms with van der Waals surface area (Å²) in [6.07, 6.45) is -3.27. The smallest absolute Gasteiger partial charge is 0.384 e. The molecule has 3 aromatic rings. The van der Waals surface area contributed by atoms with Crippen LogP contribution in [0.2, 0.25) is 0 Å². The number of likely N-dealkylation sites (tertiary alicyclic amines) is 2. The van der Waals surface area contributed by atoms with E-state index in [-0.39, 0.29) is 40.6 Å². The topological polar surface area (TPSA) is 121 Å². The first-order valence-electron chi connectivity index (χ1n) is 13.3. The van der Waals surface area contributed by atoms with Gasteiger partial charge in [-0.15, -0.1) is 0 Å². The Kier molecular flexibility index (Phi) is 8.28. The minimum atomic E-state index is -4.46. The second-order valence-electron chi connectivity index (χ2n) is 10.5. The van der Waals surface area contributed by atoms with Crippen molar-refractivity contribution in [2.45, 2.75) is 57.1 Å². The predicted molar refractivity (Wildman–Crippen MR) is 139 cm³/mol. The van der Waals surface area contributed by atoms with E-state index in [1.165, 1.54) is 42.2 Å². The molecule has 42 heavy (non-hydrogen) atoms. The number of carbonyl (C=O) groups is 2. The minimum absolute atomic E-state index is 0.126. The third kappa shape index (κ3) is 6.59. The molecule has 0 radical (unpaired) electrons. The number of aliphatic hydroxyl groups excluding tert-OH is 1. The predicted octanol–water partition coefficient (Wildman–Crippen LogP) is 3.12. The number of pyridine rings is 1. The van der Waals surface area contributed by atoms with Gasteiger partial charge in [-0.1, -0.05) is 6.07 Å². The van der Waals surface area contributed by atoms with Crippen LogP contribution in [0.3, 0.4) is 0 Å². The van der Waals surface area contributed by atoms with Crippen LogP contribution in [0.15, 0.2) is 36.8 Å². The van der Waals surface area contributed by atoms with Crippen molar-refractivity contribution in [2.75, 3.05) is 31.5 Å². The molecule has 11 nitrogen and oxygen atoms in total. The van der Waals surface area contributed by atoms with Crippen molar-refractivity contribution in [3.8, 4) is 11.3 Å². The van der Waals surface area contributed by atoms with E-state index in [0.717, 1.165) is 19.0 Å². The minimum Gasteiger partial charge on any atom is -0.384 e. The number of aromatic nitrogens is 5. The molecule has 0 saturated carbocycles. The highest BCUT2D eigenvalue weighted by atomic mass is 19.4. The van der Waals surface area contributed by atoms with E-state index < -0.39 is 36.9 Å². The lowest BCUT2D eigenvalue weighted by molar-refractivity contribution is -0.142. The van der Waals surface area contributed by atoms with Crippen molar-refractivity contribution in [1.29, 1.82) is 0 Å². The first-order chi connectivity index (χ1) is 19.9. The van der Waals surface area contributed by atoms with Crippen LogP contribution in [-0.2, 0) is 11.3 Å². The zero-order valence-electron chi connectivity index (χ0n) is 22.5. The summed E-state index contributed by atoms with van der Waals surface area (Å²) < 4.78 is 67.7. The molecule has 2 N–H and O–H groups in total. The molecule has 0 aliphatic carbocycles. The van der Waals surface area contributed by atoms with Gasteiger partial charge in [0.05, 0.1) is 23.6 Å². The third-order valence-corrected chi connectivity index (χ3v) is 7.38. The van der Waals surface area contributed by atoms with Crippen LogP contribution in [-0.4, -0.2) is 95.8 Å². The van der Waals surface area contributed by atoms with Gasteiger partial charge in [-0.3, -0.25) is 23.9 Å². The molecule has 0 spiro atoms. The fourth-order valence-electron chi connectivity index (χ4n) is 5.19. The molecule has 2 aliphatic rings. The number of hydrogen-bond donors (Lipinski definition) is 2. The first kappa shape index (κ1) is 29.6. The Morgan fingerprint density at radius 1 is 1.12 bits per heavy atom. The molecule has 1 atom stereocenters. The number of rotatable bonds is 8. The van der Waals surface area contributed by atoms with Crippen LogP contribution < -0.4 is 5.32 Å². The normalized spacial score (nSPS) is 17.9. The SMILES string of the molecule is CC(O)C(=O)N1CCC(N2CC(n3cc(NC(=O)c4cccc(-c5cnn(CC(F)(F)F)c5)n4)c(C(F)F)n3)C2)CC1. The van der Waals surface area contributed by atoms with Crippen LogP contribution >= 0.6 is 0 Å². The van der Waals surface area contributed by atoms with Crippen LogP contribution in [0.4, 0.5) is 27.6 Å². The van der Waals surface area contributed by atoms with Crippen molar-refractivity contribution in [1.82, 2.24) is 34.3 Å². The maximum Gasteiger partial charge on any atom is 0.408 e. The number of nitrogens with one attached hydrogen (secondary N) is 1. The van der Waals surface area contributed by atoms with Crippen LogP contribution in [0.5, 0.6) is 0 Å². The maximum atomic E-state index is 13.8. The lowest BCUT2D eigenvalue weighted by Gasteiger charge is -2.47. The largest absolute Gasteiger partial charge is 0.408 e. The summed E-state index contributed by atoms with van der Waals surface area (Å²) in [5.41, 5.74) is -0.430. The molecule has 16 heteroatoms. The fourth-order valence-corrected chi connectivity index (χ4v) is 5.19. The summed E-state index contributed by atoms with van der Waals surface area (Å²) in [5, 5.41) is 19.7. The number of nitrogens with zero attached hydrogens (tertiary/aromatic N) is 7. The summed E-state index contributed by atoms with van der Waals surface area (Å²) in [5.74, 6) is -1.07. The van der Waals surface area contributed by atoms with Crippen LogP contribution in [0, 0.1) is 0 Å². The molecular formula is C26H29F5N8O3. The Hall–Kier alpha value is -3.92. The number of piperidine rings is 1. The maximum absolute atomic E-state index is 13.8. The van der Waals surface area contributed by atoms with Crippen molar-refractivity contribution in [3.05, 3.63) is 48.2 Å². The molecule has 2 amide bonds. The lowest BCUT2D eigenvalue weighted by atomic mass is 9.97. The van der Waals surface area contributed by atoms with Gasteiger partial charge in [-0.05, 0) is 31.9 Å². The highest BCUT2D eigenvalue weighted by molar-refractivity contribution is 6.03. The zero-order valence-corrected chi connectivity index (χ0v) is 22.5. The number of alkyl halides is 5. The molecule has 2 aliphatic heterocycles. The molecule has 2 saturated heterocycles. The van der Waals surface area contributed by atoms with Crippen molar-refractivity contribution >= 4 is 17.5 Å². The van der Waals surface area contributed by atoms with E-state index in [1.807, 2.05) is 0 Å². The molecule has 5 heterocycles. The van der Waals surface area contributed by atoms with E-state index in [1.54, 1.807) is 4.90 Å². The standard InChI is InChI=1S/C26H29F5N8O3/c1-15(40)25(42)36-7-5-17(6-8-36)37-11-18(12-37)39-13-21(22(35-39)23(27)28)34-24(41)20-4-2-3-19(33-20)16-9-32-38(10-16)14-26(29,30)31/h2-4,9-10,13,15,17-18,23,40H,5-8,11-12,14H2,1H3,(H,34,41). The number of anilines is 1. The summed E-state index contributed by atoms with van der Waals surface area (Å²) in [7, 11) is 0. The number of hydrogen-bond acceptors (Lipinski definition) is 7. The highest BCUT2D eigenvalue weighted by Crippen LogP contribution is 2.32. The van der Waals surface area contributed by atoms with Gasteiger partial charge in [-0.25, -0.2) is 13.8 Å². The Bertz CT molecular complexity index is 1430. The van der Waals surface area contributed by atoms with Gasteiger partial charge >= 0.3 is 6.18 Å². The molecule has 2 fully saturated rings. The van der Waals surface area contributed by atoms with Crippen LogP contribution in [0.1, 0.15) is 48.4 Å². The van der Waals surface area contributed by atoms with E-state index in [4.69, 9.17) is 0 Å². The second kappa shape index (κ2) is 11.8. The van der Waals surface area contributed by atoms with E-state index in [0.29, 0.717) is 30.9 Å². The van der Waals surface area contributed by atoms with Crippen molar-refractivity contribution < 1.29 is 36.6 Å². The summed E-state index contributed by atoms with van der Waals surface area (Å²) in [6.45, 7) is 2.37. The Morgan fingerprint density at radius 3 is 2.48 bits per heavy atom. The molecule has 226 valence electrons. The van der Waals surface area contributed by atoms with Gasteiger partial charge in [0.2, 0.25) is 0 Å². The Labute approximate surface area is 236 Å². The summed E-state index contributed by atoms with van der Waals surface area (Å²) in [6, 6.07) is 4.37. The Morgan fingerprint density at radius 2 is 1.83 bits per heavy atom. The zero-order chi connectivity index (χ0) is 30.2. The van der Waals surface area contributed by atoms with Gasteiger partial charge in [0.25, 0.3) is 18.2 Å². The summed E-state index contributed by atoms with van der Waals surface area (Å²) in [4.78, 5) is 32.9. The molecular weight excluding hydrogens is 567 g/mol. The van der Waals surface area contributed by atoms with Gasteiger partial charge in [0.15, 0.2) is 5.69 Å². The summed E-state index contributed by atoms with van der Waals surface area (Å²) >= 11 is 0. The van der Waals surface area contributed by atoms with Gasteiger partial charge in [0.1, 0.15) is 18.3 Å². The van der Waals surface area contributed by atoms with E-state index >= 15 is 0 Å². The number of halogens is 5. The highest BCUT2D eigenvalue weighted by Gasteiger charge is 2.37. The van der Waals surface area contributed by atoms with E-state index in [9.17, 15) is 36.6 Å². The third-order valence-electron chi connectivity index (χ3n) is 7.38. The number of carbonyl (C=O) groups excluding carboxylic acids is 2. The average Bonchev–Trinajstić information content (AvgIpc) is 3.54. The molecule has 1 unspecified atom stereocenters. The van der Waals surface area contributed by atoms with Gasteiger partial charge in [0, 0.05) is 50.2 Å². The first-order valence-corrected chi connectivity index (χ1v) is 13.3. The molecule has 3 aromatic heterocycles. The average molecular weight is 597 g/mol. The van der Waals surface area contributed by atoms with Gasteiger partial charge < -0.3 is 15.3 Å². The Balaban J connectivity index is 1.21. The number of amides is 2. The van der Waals surface area contributed by atoms with Crippen molar-refractivity contribution in [3.63, 3.8) is 0 Å². The van der Waals surface area contributed by atoms with Crippen molar-refractivity contribution in [2.24, 2.45) is 0 Å². The van der Waals surface area contributed by atoms with Crippen LogP contribution in [0.25, 0.3) is 11.3 Å². The number of aliphatic hydroxyl groups is 1. The van der Waals surface area contributed by atoms with Gasteiger partial charge in [-0.2, -0.15) is 23.4 Å². The molecule has 0 bridgehead atoms. The molecule has 0 aromatic carbocycles. The monoisotopic (exact) mass is 596 g/mol.